The predicted octanol–water partition coefficient (Wildman–Crippen LogP) is 18.2. The van der Waals surface area contributed by atoms with Gasteiger partial charge in [0.15, 0.2) is 0 Å². The first-order valence-electron chi connectivity index (χ1n) is 26.0. The average molecular weight is 846 g/mol. The van der Waals surface area contributed by atoms with Crippen LogP contribution in [-0.4, -0.2) is 28.2 Å². The zero-order valence-electron chi connectivity index (χ0n) is 39.7. The first kappa shape index (κ1) is 50.9. The van der Waals surface area contributed by atoms with Crippen molar-refractivity contribution in [2.75, 3.05) is 13.2 Å². The Bertz CT molecular complexity index is 1530. The molecule has 0 fully saturated rings. The quantitative estimate of drug-likeness (QED) is 0.0419. The van der Waals surface area contributed by atoms with Gasteiger partial charge in [0.25, 0.3) is 0 Å². The maximum atomic E-state index is 6.47. The summed E-state index contributed by atoms with van der Waals surface area (Å²) in [6, 6.07) is 22.6. The lowest BCUT2D eigenvalue weighted by atomic mass is 10.0. The van der Waals surface area contributed by atoms with Gasteiger partial charge in [-0.2, -0.15) is 0 Å². The minimum atomic E-state index is 0.717. The topological polar surface area (TPSA) is 57.1 Å². The highest BCUT2D eigenvalue weighted by Crippen LogP contribution is 2.34. The highest BCUT2D eigenvalue weighted by molar-refractivity contribution is 5.76. The molecule has 0 unspecified atom stereocenters. The summed E-state index contributed by atoms with van der Waals surface area (Å²) in [5.74, 6) is 1.72. The molecule has 1 aromatic carbocycles. The lowest BCUT2D eigenvalue weighted by molar-refractivity contribution is 0.290. The Hall–Kier alpha value is -3.73. The zero-order chi connectivity index (χ0) is 43.4. The minimum absolute atomic E-state index is 0.717. The summed E-state index contributed by atoms with van der Waals surface area (Å²) in [6.07, 6.45) is 47.4. The number of rotatable bonds is 39. The van der Waals surface area contributed by atoms with Crippen molar-refractivity contribution in [2.24, 2.45) is 0 Å². The van der Waals surface area contributed by atoms with Crippen LogP contribution >= 0.6 is 0 Å². The molecule has 62 heavy (non-hydrogen) atoms. The van der Waals surface area contributed by atoms with Crippen LogP contribution in [-0.2, 0) is 0 Å². The Labute approximate surface area is 380 Å². The highest BCUT2D eigenvalue weighted by atomic mass is 16.5. The van der Waals surface area contributed by atoms with Crippen LogP contribution < -0.4 is 9.47 Å². The van der Waals surface area contributed by atoms with Crippen LogP contribution in [0.5, 0.6) is 11.5 Å². The first-order chi connectivity index (χ1) is 30.8. The molecule has 4 rings (SSSR count). The van der Waals surface area contributed by atoms with Gasteiger partial charge in [-0.05, 0) is 72.5 Å². The fraction of sp³-hybridized carbons (Fsp3) is 0.632. The van der Waals surface area contributed by atoms with Crippen molar-refractivity contribution in [1.29, 1.82) is 0 Å². The van der Waals surface area contributed by atoms with Gasteiger partial charge in [-0.25, -0.2) is 4.98 Å². The molecule has 0 saturated heterocycles. The fourth-order valence-electron chi connectivity index (χ4n) is 8.57. The summed E-state index contributed by atoms with van der Waals surface area (Å²) in [5, 5.41) is 0. The monoisotopic (exact) mass is 846 g/mol. The molecular formula is C57H87N3O2. The number of aromatic nitrogens is 3. The molecular weight excluding hydrogens is 759 g/mol. The van der Waals surface area contributed by atoms with Crippen LogP contribution in [0, 0.1) is 0 Å². The Balaban J connectivity index is 1.23. The van der Waals surface area contributed by atoms with Crippen molar-refractivity contribution in [3.63, 3.8) is 0 Å². The molecule has 0 spiro atoms. The molecule has 4 aromatic rings. The maximum absolute atomic E-state index is 6.47. The second kappa shape index (κ2) is 34.7. The predicted molar refractivity (Wildman–Crippen MR) is 266 cm³/mol. The van der Waals surface area contributed by atoms with E-state index in [0.717, 1.165) is 71.5 Å². The standard InChI is InChI=1S/C57H87N3O2/c1-3-5-7-9-11-13-15-17-19-21-23-25-27-29-31-37-43-61-52-45-50(51-47-56(54-39-33-35-41-58-54)60-57(48-51)55-40-34-36-42-59-55)46-53(49-52)62-44-38-32-30-28-26-24-22-20-18-16-14-12-10-8-6-4-2/h33-36,39-42,45-49H,3-32,37-38,43-44H2,1-2H3. The van der Waals surface area contributed by atoms with E-state index in [1.54, 1.807) is 0 Å². The highest BCUT2D eigenvalue weighted by Gasteiger charge is 2.13. The van der Waals surface area contributed by atoms with E-state index >= 15 is 0 Å². The van der Waals surface area contributed by atoms with Gasteiger partial charge in [0, 0.05) is 18.5 Å². The van der Waals surface area contributed by atoms with Crippen LogP contribution in [0.25, 0.3) is 33.9 Å². The largest absolute Gasteiger partial charge is 0.493 e. The molecule has 3 heterocycles. The number of unbranched alkanes of at least 4 members (excludes halogenated alkanes) is 30. The van der Waals surface area contributed by atoms with Gasteiger partial charge in [0.1, 0.15) is 11.5 Å². The van der Waals surface area contributed by atoms with Gasteiger partial charge in [0.05, 0.1) is 36.0 Å². The van der Waals surface area contributed by atoms with Crippen molar-refractivity contribution in [2.45, 2.75) is 219 Å². The van der Waals surface area contributed by atoms with Gasteiger partial charge in [-0.1, -0.05) is 219 Å². The van der Waals surface area contributed by atoms with E-state index in [0.29, 0.717) is 0 Å². The van der Waals surface area contributed by atoms with E-state index < -0.39 is 0 Å². The van der Waals surface area contributed by atoms with Crippen LogP contribution in [0.1, 0.15) is 219 Å². The maximum Gasteiger partial charge on any atom is 0.123 e. The molecule has 0 bridgehead atoms. The van der Waals surface area contributed by atoms with Crippen molar-refractivity contribution < 1.29 is 9.47 Å². The summed E-state index contributed by atoms with van der Waals surface area (Å²) in [4.78, 5) is 14.3. The summed E-state index contributed by atoms with van der Waals surface area (Å²) in [5.41, 5.74) is 5.40. The lowest BCUT2D eigenvalue weighted by Gasteiger charge is -2.14. The van der Waals surface area contributed by atoms with Gasteiger partial charge in [-0.15, -0.1) is 0 Å². The second-order valence-corrected chi connectivity index (χ2v) is 18.1. The molecule has 0 aliphatic heterocycles. The molecule has 3 aromatic heterocycles. The number of pyridine rings is 3. The molecule has 5 heteroatoms. The summed E-state index contributed by atoms with van der Waals surface area (Å²) >= 11 is 0. The molecule has 0 radical (unpaired) electrons. The van der Waals surface area contributed by atoms with E-state index in [-0.39, 0.29) is 0 Å². The first-order valence-corrected chi connectivity index (χ1v) is 26.0. The molecule has 0 N–H and O–H groups in total. The van der Waals surface area contributed by atoms with E-state index in [2.05, 4.69) is 54.1 Å². The van der Waals surface area contributed by atoms with E-state index in [9.17, 15) is 0 Å². The van der Waals surface area contributed by atoms with Gasteiger partial charge in [-0.3, -0.25) is 9.97 Å². The number of hydrogen-bond donors (Lipinski definition) is 0. The Morgan fingerprint density at radius 1 is 0.323 bits per heavy atom. The molecule has 0 aliphatic carbocycles. The minimum Gasteiger partial charge on any atom is -0.493 e. The van der Waals surface area contributed by atoms with Gasteiger partial charge >= 0.3 is 0 Å². The lowest BCUT2D eigenvalue weighted by Crippen LogP contribution is -2.01. The van der Waals surface area contributed by atoms with E-state index in [1.807, 2.05) is 48.8 Å². The summed E-state index contributed by atoms with van der Waals surface area (Å²) in [6.45, 7) is 6.03. The number of nitrogens with zero attached hydrogens (tertiary/aromatic N) is 3. The van der Waals surface area contributed by atoms with Gasteiger partial charge in [0.2, 0.25) is 0 Å². The van der Waals surface area contributed by atoms with Crippen LogP contribution in [0.15, 0.2) is 79.1 Å². The van der Waals surface area contributed by atoms with Crippen molar-refractivity contribution in [3.05, 3.63) is 79.1 Å². The van der Waals surface area contributed by atoms with Crippen molar-refractivity contribution in [3.8, 4) is 45.4 Å². The van der Waals surface area contributed by atoms with Crippen molar-refractivity contribution >= 4 is 0 Å². The van der Waals surface area contributed by atoms with Crippen molar-refractivity contribution in [1.82, 2.24) is 15.0 Å². The van der Waals surface area contributed by atoms with E-state index in [4.69, 9.17) is 14.5 Å². The summed E-state index contributed by atoms with van der Waals surface area (Å²) < 4.78 is 12.9. The second-order valence-electron chi connectivity index (χ2n) is 18.1. The molecule has 0 atom stereocenters. The smallest absolute Gasteiger partial charge is 0.123 e. The zero-order valence-corrected chi connectivity index (χ0v) is 39.7. The van der Waals surface area contributed by atoms with Gasteiger partial charge < -0.3 is 9.47 Å². The Kier molecular flexibility index (Phi) is 28.5. The van der Waals surface area contributed by atoms with E-state index in [1.165, 1.54) is 193 Å². The van der Waals surface area contributed by atoms with Crippen LogP contribution in [0.4, 0.5) is 0 Å². The molecule has 0 amide bonds. The van der Waals surface area contributed by atoms with Crippen LogP contribution in [0.2, 0.25) is 0 Å². The third kappa shape index (κ3) is 23.1. The SMILES string of the molecule is CCCCCCCCCCCCCCCCCCOc1cc(OCCCCCCCCCCCCCCCCCC)cc(-c2cc(-c3ccccn3)nc(-c3ccccn3)c2)c1. The third-order valence-electron chi connectivity index (χ3n) is 12.4. The fourth-order valence-corrected chi connectivity index (χ4v) is 8.57. The number of benzene rings is 1. The molecule has 5 nitrogen and oxygen atoms in total. The normalized spacial score (nSPS) is 11.3. The molecule has 342 valence electrons. The number of hydrogen-bond acceptors (Lipinski definition) is 5. The Morgan fingerprint density at radius 3 is 0.935 bits per heavy atom. The molecule has 0 aliphatic rings. The molecule has 0 saturated carbocycles. The Morgan fingerprint density at radius 2 is 0.629 bits per heavy atom. The number of ether oxygens (including phenoxy) is 2. The average Bonchev–Trinajstić information content (AvgIpc) is 3.31. The third-order valence-corrected chi connectivity index (χ3v) is 12.4. The summed E-state index contributed by atoms with van der Waals surface area (Å²) in [7, 11) is 0. The van der Waals surface area contributed by atoms with Crippen LogP contribution in [0.3, 0.4) is 0 Å².